The molecule has 2 aliphatic heterocycles. The molecule has 1 fully saturated rings. The van der Waals surface area contributed by atoms with E-state index in [0.717, 1.165) is 30.3 Å². The van der Waals surface area contributed by atoms with Crippen LogP contribution in [0, 0.1) is 17.1 Å². The molecule has 37 heavy (non-hydrogen) atoms. The number of aromatic nitrogens is 2. The number of thioether (sulfide) groups is 1. The first-order valence-corrected chi connectivity index (χ1v) is 13.2. The highest BCUT2D eigenvalue weighted by Crippen LogP contribution is 2.31. The molecule has 1 saturated heterocycles. The molecular weight excluding hydrogens is 517 g/mol. The summed E-state index contributed by atoms with van der Waals surface area (Å²) in [6, 6.07) is 11.2. The van der Waals surface area contributed by atoms with Crippen LogP contribution in [0.15, 0.2) is 36.4 Å². The third-order valence-corrected chi connectivity index (χ3v) is 7.66. The minimum absolute atomic E-state index is 0.0926. The number of carbonyl (C=O) groups excluding carboxylic acids is 2. The zero-order valence-electron chi connectivity index (χ0n) is 19.7. The van der Waals surface area contributed by atoms with Crippen molar-refractivity contribution in [1.82, 2.24) is 14.7 Å². The third-order valence-electron chi connectivity index (χ3n) is 6.43. The lowest BCUT2D eigenvalue weighted by molar-refractivity contribution is 0.0997. The smallest absolute Gasteiger partial charge is 0.322 e. The van der Waals surface area contributed by atoms with Crippen LogP contribution in [0.25, 0.3) is 11.3 Å². The van der Waals surface area contributed by atoms with Crippen LogP contribution in [0.2, 0.25) is 5.02 Å². The molecule has 0 radical (unpaired) electrons. The molecule has 0 bridgehead atoms. The zero-order chi connectivity index (χ0) is 26.1. The van der Waals surface area contributed by atoms with Crippen LogP contribution in [0.3, 0.4) is 0 Å². The predicted octanol–water partition coefficient (Wildman–Crippen LogP) is 3.91. The van der Waals surface area contributed by atoms with Crippen molar-refractivity contribution >= 4 is 46.7 Å². The van der Waals surface area contributed by atoms with Crippen molar-refractivity contribution in [3.63, 3.8) is 0 Å². The first-order valence-electron chi connectivity index (χ1n) is 11.6. The molecule has 1 aromatic heterocycles. The molecule has 0 spiro atoms. The van der Waals surface area contributed by atoms with E-state index in [0.29, 0.717) is 41.3 Å². The highest BCUT2D eigenvalue weighted by molar-refractivity contribution is 7.99. The fourth-order valence-corrected chi connectivity index (χ4v) is 5.65. The fraction of sp³-hybridized carbons (Fsp3) is 0.280. The van der Waals surface area contributed by atoms with Gasteiger partial charge in [0.25, 0.3) is 5.91 Å². The minimum Gasteiger partial charge on any atom is -0.369 e. The van der Waals surface area contributed by atoms with E-state index in [-0.39, 0.29) is 23.2 Å². The molecule has 0 saturated carbocycles. The molecular formula is C25H23ClFN7O2S. The largest absolute Gasteiger partial charge is 0.369 e. The molecule has 3 amide bonds. The van der Waals surface area contributed by atoms with Crippen molar-refractivity contribution < 1.29 is 14.0 Å². The summed E-state index contributed by atoms with van der Waals surface area (Å²) in [4.78, 5) is 29.3. The van der Waals surface area contributed by atoms with Crippen molar-refractivity contribution in [2.75, 3.05) is 41.4 Å². The molecule has 2 aliphatic rings. The molecule has 9 nitrogen and oxygen atoms in total. The summed E-state index contributed by atoms with van der Waals surface area (Å²) in [5.74, 6) is 0.687. The van der Waals surface area contributed by atoms with E-state index >= 15 is 0 Å². The van der Waals surface area contributed by atoms with Gasteiger partial charge in [0.15, 0.2) is 0 Å². The number of hydrogen-bond donors (Lipinski definition) is 2. The first kappa shape index (κ1) is 24.9. The van der Waals surface area contributed by atoms with E-state index in [1.54, 1.807) is 21.7 Å². The van der Waals surface area contributed by atoms with E-state index in [2.05, 4.69) is 21.4 Å². The van der Waals surface area contributed by atoms with E-state index in [1.807, 2.05) is 17.8 Å². The van der Waals surface area contributed by atoms with Crippen molar-refractivity contribution in [2.45, 2.75) is 13.1 Å². The van der Waals surface area contributed by atoms with E-state index in [1.165, 1.54) is 18.2 Å². The Labute approximate surface area is 222 Å². The number of nitrogens with one attached hydrogen (secondary N) is 1. The normalized spacial score (nSPS) is 15.2. The number of benzene rings is 2. The number of nitriles is 1. The second kappa shape index (κ2) is 10.3. The van der Waals surface area contributed by atoms with Crippen LogP contribution >= 0.6 is 23.4 Å². The van der Waals surface area contributed by atoms with Gasteiger partial charge in [-0.15, -0.1) is 0 Å². The first-order chi connectivity index (χ1) is 17.9. The maximum Gasteiger partial charge on any atom is 0.322 e. The Morgan fingerprint density at radius 1 is 1.14 bits per heavy atom. The minimum atomic E-state index is -0.699. The van der Waals surface area contributed by atoms with E-state index in [4.69, 9.17) is 17.3 Å². The van der Waals surface area contributed by atoms with Crippen LogP contribution in [-0.2, 0) is 13.1 Å². The van der Waals surface area contributed by atoms with Crippen molar-refractivity contribution in [1.29, 1.82) is 5.26 Å². The van der Waals surface area contributed by atoms with Gasteiger partial charge in [-0.25, -0.2) is 9.18 Å². The summed E-state index contributed by atoms with van der Waals surface area (Å²) in [5, 5.41) is 16.9. The summed E-state index contributed by atoms with van der Waals surface area (Å²) in [6.07, 6.45) is 0. The number of anilines is 2. The molecule has 3 heterocycles. The Bertz CT molecular complexity index is 1430. The van der Waals surface area contributed by atoms with Gasteiger partial charge < -0.3 is 20.9 Å². The Balaban J connectivity index is 1.38. The van der Waals surface area contributed by atoms with E-state index in [9.17, 15) is 19.2 Å². The Hall–Kier alpha value is -3.75. The Kier molecular flexibility index (Phi) is 6.95. The third kappa shape index (κ3) is 4.95. The average molecular weight is 540 g/mol. The highest BCUT2D eigenvalue weighted by atomic mass is 35.5. The molecule has 3 N–H and O–H groups in total. The second-order valence-corrected chi connectivity index (χ2v) is 10.3. The number of amides is 3. The SMILES string of the molecule is N#Cc1ccc(NC(=O)N2CCn3nc(-c4ccc(F)c(Cl)c4)c(C(N)=O)c3C2)cc1N1CCSCC1. The van der Waals surface area contributed by atoms with Gasteiger partial charge in [0.2, 0.25) is 0 Å². The Morgan fingerprint density at radius 2 is 1.92 bits per heavy atom. The summed E-state index contributed by atoms with van der Waals surface area (Å²) in [6.45, 7) is 2.49. The fourth-order valence-electron chi connectivity index (χ4n) is 4.57. The molecule has 0 aliphatic carbocycles. The number of rotatable bonds is 4. The standard InChI is InChI=1S/C25H23ClFN7O2S/c26-18-11-15(2-4-19(18)27)23-22(24(29)35)21-14-33(5-6-34(21)31-23)25(36)30-17-3-1-16(13-28)20(12-17)32-7-9-37-10-8-32/h1-4,11-12H,5-10,14H2,(H2,29,35)(H,30,36). The topological polar surface area (TPSA) is 120 Å². The van der Waals surface area contributed by atoms with Gasteiger partial charge in [-0.05, 0) is 36.4 Å². The average Bonchev–Trinajstić information content (AvgIpc) is 3.30. The van der Waals surface area contributed by atoms with E-state index < -0.39 is 11.7 Å². The molecule has 0 atom stereocenters. The monoisotopic (exact) mass is 539 g/mol. The zero-order valence-corrected chi connectivity index (χ0v) is 21.3. The highest BCUT2D eigenvalue weighted by Gasteiger charge is 2.30. The van der Waals surface area contributed by atoms with Gasteiger partial charge in [-0.3, -0.25) is 9.48 Å². The van der Waals surface area contributed by atoms with Crippen LogP contribution < -0.4 is 16.0 Å². The van der Waals surface area contributed by atoms with Gasteiger partial charge in [0.05, 0.1) is 40.6 Å². The lowest BCUT2D eigenvalue weighted by Crippen LogP contribution is -2.41. The van der Waals surface area contributed by atoms with Crippen molar-refractivity contribution in [3.8, 4) is 17.3 Å². The van der Waals surface area contributed by atoms with Crippen molar-refractivity contribution in [2.24, 2.45) is 5.73 Å². The number of halogens is 2. The maximum atomic E-state index is 13.7. The molecule has 3 aromatic rings. The number of fused-ring (bicyclic) bond motifs is 1. The predicted molar refractivity (Wildman–Crippen MR) is 141 cm³/mol. The molecule has 12 heteroatoms. The molecule has 190 valence electrons. The van der Waals surface area contributed by atoms with Crippen LogP contribution in [-0.4, -0.2) is 57.8 Å². The van der Waals surface area contributed by atoms with Gasteiger partial charge in [-0.1, -0.05) is 11.6 Å². The lowest BCUT2D eigenvalue weighted by atomic mass is 10.0. The number of hydrogen-bond acceptors (Lipinski definition) is 6. The number of primary amides is 1. The molecule has 0 unspecified atom stereocenters. The molecule has 5 rings (SSSR count). The van der Waals surface area contributed by atoms with Gasteiger partial charge in [0, 0.05) is 42.4 Å². The summed E-state index contributed by atoms with van der Waals surface area (Å²) >= 11 is 7.81. The molecule has 2 aromatic carbocycles. The number of nitrogens with two attached hydrogens (primary N) is 1. The van der Waals surface area contributed by atoms with Crippen LogP contribution in [0.5, 0.6) is 0 Å². The van der Waals surface area contributed by atoms with Crippen LogP contribution in [0.1, 0.15) is 21.6 Å². The van der Waals surface area contributed by atoms with Gasteiger partial charge >= 0.3 is 6.03 Å². The van der Waals surface area contributed by atoms with Crippen molar-refractivity contribution in [3.05, 3.63) is 64.1 Å². The Morgan fingerprint density at radius 3 is 2.62 bits per heavy atom. The van der Waals surface area contributed by atoms with Gasteiger partial charge in [-0.2, -0.15) is 22.1 Å². The summed E-state index contributed by atoms with van der Waals surface area (Å²) in [5.41, 5.74) is 9.06. The summed E-state index contributed by atoms with van der Waals surface area (Å²) < 4.78 is 15.3. The van der Waals surface area contributed by atoms with Crippen LogP contribution in [0.4, 0.5) is 20.6 Å². The number of carbonyl (C=O) groups is 2. The maximum absolute atomic E-state index is 13.7. The van der Waals surface area contributed by atoms with Gasteiger partial charge in [0.1, 0.15) is 17.6 Å². The lowest BCUT2D eigenvalue weighted by Gasteiger charge is -2.30. The quantitative estimate of drug-likeness (QED) is 0.518. The summed E-state index contributed by atoms with van der Waals surface area (Å²) in [7, 11) is 0. The second-order valence-electron chi connectivity index (χ2n) is 8.68. The number of urea groups is 1. The number of nitrogens with zero attached hydrogens (tertiary/aromatic N) is 5.